The summed E-state index contributed by atoms with van der Waals surface area (Å²) in [4.78, 5) is 30.8. The molecule has 1 atom stereocenters. The molecule has 1 heterocycles. The first-order valence-electron chi connectivity index (χ1n) is 10.2. The van der Waals surface area contributed by atoms with Gasteiger partial charge in [0.1, 0.15) is 16.6 Å². The van der Waals surface area contributed by atoms with Gasteiger partial charge in [0.05, 0.1) is 24.3 Å². The van der Waals surface area contributed by atoms with E-state index < -0.39 is 12.1 Å². The molecular weight excluding hydrogens is 431 g/mol. The smallest absolute Gasteiger partial charge is 0.312 e. The highest BCUT2D eigenvalue weighted by molar-refractivity contribution is 7.13. The van der Waals surface area contributed by atoms with Gasteiger partial charge in [0, 0.05) is 19.0 Å². The number of likely N-dealkylation sites (N-methyl/N-ethyl adjacent to an activating group) is 1. The minimum Gasteiger partial charge on any atom is -0.493 e. The fourth-order valence-electron chi connectivity index (χ4n) is 3.17. The van der Waals surface area contributed by atoms with Crippen LogP contribution in [-0.2, 0) is 27.3 Å². The zero-order valence-corrected chi connectivity index (χ0v) is 19.0. The minimum absolute atomic E-state index is 0.0431. The highest BCUT2D eigenvalue weighted by Gasteiger charge is 2.22. The van der Waals surface area contributed by atoms with E-state index in [1.807, 2.05) is 31.2 Å². The third kappa shape index (κ3) is 6.13. The molecule has 3 aromatic rings. The fourth-order valence-corrected chi connectivity index (χ4v) is 4.02. The lowest BCUT2D eigenvalue weighted by Gasteiger charge is -2.21. The number of benzene rings is 2. The van der Waals surface area contributed by atoms with Gasteiger partial charge in [0.25, 0.3) is 5.91 Å². The number of rotatable bonds is 9. The first-order chi connectivity index (χ1) is 15.4. The van der Waals surface area contributed by atoms with Crippen molar-refractivity contribution in [3.05, 3.63) is 71.0 Å². The van der Waals surface area contributed by atoms with Crippen molar-refractivity contribution in [1.82, 2.24) is 9.88 Å². The number of amides is 1. The van der Waals surface area contributed by atoms with E-state index in [2.05, 4.69) is 4.98 Å². The lowest BCUT2D eigenvalue weighted by molar-refractivity contribution is -0.158. The number of halogens is 1. The van der Waals surface area contributed by atoms with Gasteiger partial charge in [-0.05, 0) is 43.7 Å². The molecule has 1 unspecified atom stereocenters. The van der Waals surface area contributed by atoms with E-state index in [1.165, 1.54) is 35.3 Å². The van der Waals surface area contributed by atoms with Gasteiger partial charge in [-0.2, -0.15) is 0 Å². The first-order valence-corrected chi connectivity index (χ1v) is 11.1. The summed E-state index contributed by atoms with van der Waals surface area (Å²) in [6.45, 7) is 4.19. The topological polar surface area (TPSA) is 68.7 Å². The van der Waals surface area contributed by atoms with Crippen LogP contribution in [0.1, 0.15) is 25.1 Å². The Morgan fingerprint density at radius 3 is 2.72 bits per heavy atom. The van der Waals surface area contributed by atoms with E-state index in [-0.39, 0.29) is 24.7 Å². The normalized spacial score (nSPS) is 11.6. The van der Waals surface area contributed by atoms with Crippen molar-refractivity contribution in [2.45, 2.75) is 32.9 Å². The maximum atomic E-state index is 13.3. The number of para-hydroxylation sites is 1. The highest BCUT2D eigenvalue weighted by atomic mass is 32.1. The average molecular weight is 457 g/mol. The Hall–Kier alpha value is -3.26. The van der Waals surface area contributed by atoms with Crippen molar-refractivity contribution in [1.29, 1.82) is 0 Å². The molecular formula is C24H25FN2O4S. The van der Waals surface area contributed by atoms with Gasteiger partial charge in [0.2, 0.25) is 0 Å². The molecule has 1 amide bonds. The SMILES string of the molecule is CCOc1ccccc1-c1nc(CC(=O)OC(C)C(=O)N(C)Cc2cccc(F)c2)cs1. The number of ether oxygens (including phenoxy) is 2. The molecule has 32 heavy (non-hydrogen) atoms. The number of hydrogen-bond acceptors (Lipinski definition) is 6. The molecule has 0 aliphatic rings. The van der Waals surface area contributed by atoms with Gasteiger partial charge in [-0.3, -0.25) is 9.59 Å². The first kappa shape index (κ1) is 23.4. The van der Waals surface area contributed by atoms with Crippen LogP contribution in [0.5, 0.6) is 5.75 Å². The maximum absolute atomic E-state index is 13.3. The van der Waals surface area contributed by atoms with Gasteiger partial charge in [-0.15, -0.1) is 11.3 Å². The van der Waals surface area contributed by atoms with Gasteiger partial charge >= 0.3 is 5.97 Å². The van der Waals surface area contributed by atoms with Gasteiger partial charge < -0.3 is 14.4 Å². The second-order valence-corrected chi connectivity index (χ2v) is 8.06. The average Bonchev–Trinajstić information content (AvgIpc) is 3.21. The molecule has 8 heteroatoms. The summed E-state index contributed by atoms with van der Waals surface area (Å²) in [6, 6.07) is 13.6. The van der Waals surface area contributed by atoms with Gasteiger partial charge in [-0.25, -0.2) is 9.37 Å². The highest BCUT2D eigenvalue weighted by Crippen LogP contribution is 2.32. The van der Waals surface area contributed by atoms with E-state index in [1.54, 1.807) is 24.6 Å². The molecule has 0 fully saturated rings. The third-order valence-electron chi connectivity index (χ3n) is 4.64. The standard InChI is InChI=1S/C24H25FN2O4S/c1-4-30-21-11-6-5-10-20(21)23-26-19(15-32-23)13-22(28)31-16(2)24(29)27(3)14-17-8-7-9-18(25)12-17/h5-12,15-16H,4,13-14H2,1-3H3. The van der Waals surface area contributed by atoms with Crippen molar-refractivity contribution < 1.29 is 23.5 Å². The molecule has 1 aromatic heterocycles. The van der Waals surface area contributed by atoms with E-state index in [4.69, 9.17) is 9.47 Å². The second kappa shape index (κ2) is 10.9. The number of carbonyl (C=O) groups excluding carboxylic acids is 2. The lowest BCUT2D eigenvalue weighted by atomic mass is 10.2. The quantitative estimate of drug-likeness (QED) is 0.444. The lowest BCUT2D eigenvalue weighted by Crippen LogP contribution is -2.37. The van der Waals surface area contributed by atoms with Crippen molar-refractivity contribution >= 4 is 23.2 Å². The molecule has 0 aliphatic heterocycles. The molecule has 0 N–H and O–H groups in total. The zero-order chi connectivity index (χ0) is 23.1. The van der Waals surface area contributed by atoms with Crippen LogP contribution in [0.3, 0.4) is 0 Å². The van der Waals surface area contributed by atoms with Crippen LogP contribution in [0.2, 0.25) is 0 Å². The summed E-state index contributed by atoms with van der Waals surface area (Å²) in [5.74, 6) is -0.541. The molecule has 0 saturated carbocycles. The van der Waals surface area contributed by atoms with Crippen LogP contribution < -0.4 is 4.74 Å². The molecule has 0 radical (unpaired) electrons. The van der Waals surface area contributed by atoms with Crippen LogP contribution >= 0.6 is 11.3 Å². The van der Waals surface area contributed by atoms with Crippen LogP contribution in [0.25, 0.3) is 10.6 Å². The van der Waals surface area contributed by atoms with Crippen LogP contribution in [0.4, 0.5) is 4.39 Å². The summed E-state index contributed by atoms with van der Waals surface area (Å²) in [7, 11) is 1.58. The van der Waals surface area contributed by atoms with E-state index in [9.17, 15) is 14.0 Å². The Bertz CT molecular complexity index is 1090. The van der Waals surface area contributed by atoms with Crippen molar-refractivity contribution in [2.24, 2.45) is 0 Å². The van der Waals surface area contributed by atoms with E-state index in [0.29, 0.717) is 17.9 Å². The summed E-state index contributed by atoms with van der Waals surface area (Å²) >= 11 is 1.41. The molecule has 0 aliphatic carbocycles. The Morgan fingerprint density at radius 1 is 1.19 bits per heavy atom. The molecule has 6 nitrogen and oxygen atoms in total. The molecule has 2 aromatic carbocycles. The molecule has 0 bridgehead atoms. The van der Waals surface area contributed by atoms with Crippen LogP contribution in [-0.4, -0.2) is 41.5 Å². The van der Waals surface area contributed by atoms with Gasteiger partial charge in [0.15, 0.2) is 6.10 Å². The number of carbonyl (C=O) groups is 2. The van der Waals surface area contributed by atoms with Crippen molar-refractivity contribution in [2.75, 3.05) is 13.7 Å². The van der Waals surface area contributed by atoms with Crippen molar-refractivity contribution in [3.63, 3.8) is 0 Å². The van der Waals surface area contributed by atoms with E-state index >= 15 is 0 Å². The monoisotopic (exact) mass is 456 g/mol. The largest absolute Gasteiger partial charge is 0.493 e. The molecule has 0 saturated heterocycles. The predicted molar refractivity (Wildman–Crippen MR) is 121 cm³/mol. The minimum atomic E-state index is -0.960. The van der Waals surface area contributed by atoms with Crippen LogP contribution in [0.15, 0.2) is 53.9 Å². The summed E-state index contributed by atoms with van der Waals surface area (Å²) in [5.41, 5.74) is 2.08. The number of thiazole rings is 1. The Kier molecular flexibility index (Phi) is 7.94. The Labute approximate surface area is 190 Å². The molecule has 168 valence electrons. The zero-order valence-electron chi connectivity index (χ0n) is 18.2. The molecule has 0 spiro atoms. The molecule has 3 rings (SSSR count). The summed E-state index contributed by atoms with van der Waals surface area (Å²) < 4.78 is 24.3. The second-order valence-electron chi connectivity index (χ2n) is 7.21. The number of nitrogens with zero attached hydrogens (tertiary/aromatic N) is 2. The fraction of sp³-hybridized carbons (Fsp3) is 0.292. The maximum Gasteiger partial charge on any atom is 0.312 e. The Balaban J connectivity index is 1.57. The Morgan fingerprint density at radius 2 is 1.97 bits per heavy atom. The summed E-state index contributed by atoms with van der Waals surface area (Å²) in [5, 5.41) is 2.54. The van der Waals surface area contributed by atoms with Gasteiger partial charge in [-0.1, -0.05) is 24.3 Å². The predicted octanol–water partition coefficient (Wildman–Crippen LogP) is 4.48. The number of aromatic nitrogens is 1. The van der Waals surface area contributed by atoms with E-state index in [0.717, 1.165) is 16.3 Å². The van der Waals surface area contributed by atoms with Crippen LogP contribution in [0, 0.1) is 5.82 Å². The summed E-state index contributed by atoms with van der Waals surface area (Å²) in [6.07, 6.45) is -1.00. The van der Waals surface area contributed by atoms with Crippen molar-refractivity contribution in [3.8, 4) is 16.3 Å². The number of esters is 1. The third-order valence-corrected chi connectivity index (χ3v) is 5.56. The number of hydrogen-bond donors (Lipinski definition) is 0.